The van der Waals surface area contributed by atoms with Crippen LogP contribution in [0.1, 0.15) is 29.9 Å². The van der Waals surface area contributed by atoms with Crippen LogP contribution in [0.5, 0.6) is 0 Å². The lowest BCUT2D eigenvalue weighted by Crippen LogP contribution is -2.22. The summed E-state index contributed by atoms with van der Waals surface area (Å²) >= 11 is 6.05. The first-order valence-electron chi connectivity index (χ1n) is 7.02. The van der Waals surface area contributed by atoms with Gasteiger partial charge in [0.15, 0.2) is 0 Å². The quantitative estimate of drug-likeness (QED) is 0.771. The molecule has 0 aliphatic carbocycles. The van der Waals surface area contributed by atoms with Gasteiger partial charge < -0.3 is 9.73 Å². The number of hydrogen-bond acceptors (Lipinski definition) is 3. The highest BCUT2D eigenvalue weighted by Crippen LogP contribution is 2.30. The normalized spacial score (nSPS) is 12.7. The molecule has 2 aromatic heterocycles. The highest BCUT2D eigenvalue weighted by atomic mass is 35.5. The predicted molar refractivity (Wildman–Crippen MR) is 85.7 cm³/mol. The fourth-order valence-electron chi connectivity index (χ4n) is 2.55. The summed E-state index contributed by atoms with van der Waals surface area (Å²) in [6.45, 7) is 5.00. The molecule has 0 aliphatic rings. The summed E-state index contributed by atoms with van der Waals surface area (Å²) in [5, 5.41) is 5.22. The maximum atomic E-state index is 6.05. The van der Waals surface area contributed by atoms with Crippen molar-refractivity contribution in [3.05, 3.63) is 64.6 Å². The summed E-state index contributed by atoms with van der Waals surface area (Å²) in [6.07, 6.45) is 3.69. The van der Waals surface area contributed by atoms with Gasteiger partial charge >= 0.3 is 0 Å². The van der Waals surface area contributed by atoms with Gasteiger partial charge in [-0.2, -0.15) is 0 Å². The van der Waals surface area contributed by atoms with Gasteiger partial charge in [-0.15, -0.1) is 0 Å². The minimum atomic E-state index is 0.0178. The molecule has 1 atom stereocenters. The summed E-state index contributed by atoms with van der Waals surface area (Å²) in [4.78, 5) is 4.16. The number of pyridine rings is 1. The molecular formula is C17H17ClN2O. The summed E-state index contributed by atoms with van der Waals surface area (Å²) in [6, 6.07) is 9.77. The minimum absolute atomic E-state index is 0.0178. The molecule has 3 rings (SSSR count). The number of hydrogen-bond donors (Lipinski definition) is 1. The molecule has 0 saturated heterocycles. The van der Waals surface area contributed by atoms with E-state index in [9.17, 15) is 0 Å². The van der Waals surface area contributed by atoms with E-state index in [1.807, 2.05) is 36.7 Å². The average Bonchev–Trinajstić information content (AvgIpc) is 2.88. The Hall–Kier alpha value is -1.84. The minimum Gasteiger partial charge on any atom is -0.459 e. The van der Waals surface area contributed by atoms with Gasteiger partial charge in [-0.25, -0.2) is 0 Å². The zero-order chi connectivity index (χ0) is 14.8. The number of benzene rings is 1. The second-order valence-electron chi connectivity index (χ2n) is 5.05. The molecule has 0 saturated carbocycles. The number of rotatable bonds is 4. The van der Waals surface area contributed by atoms with Crippen LogP contribution in [0.25, 0.3) is 11.0 Å². The first-order chi connectivity index (χ1) is 10.2. The molecule has 4 heteroatoms. The molecule has 108 valence electrons. The lowest BCUT2D eigenvalue weighted by molar-refractivity contribution is 0.476. The number of nitrogens with zero attached hydrogens (tertiary/aromatic N) is 1. The lowest BCUT2D eigenvalue weighted by Gasteiger charge is -2.17. The van der Waals surface area contributed by atoms with Crippen molar-refractivity contribution in [2.75, 3.05) is 6.54 Å². The summed E-state index contributed by atoms with van der Waals surface area (Å²) in [7, 11) is 0. The van der Waals surface area contributed by atoms with E-state index in [0.717, 1.165) is 33.9 Å². The Morgan fingerprint density at radius 1 is 1.29 bits per heavy atom. The van der Waals surface area contributed by atoms with Crippen molar-refractivity contribution in [3.63, 3.8) is 0 Å². The molecule has 0 fully saturated rings. The predicted octanol–water partition coefficient (Wildman–Crippen LogP) is 4.49. The van der Waals surface area contributed by atoms with Gasteiger partial charge in [0.05, 0.1) is 6.04 Å². The fourth-order valence-corrected chi connectivity index (χ4v) is 2.73. The first-order valence-corrected chi connectivity index (χ1v) is 7.39. The maximum absolute atomic E-state index is 6.05. The summed E-state index contributed by atoms with van der Waals surface area (Å²) in [5.41, 5.74) is 3.17. The highest BCUT2D eigenvalue weighted by molar-refractivity contribution is 6.31. The third-order valence-corrected chi connectivity index (χ3v) is 3.80. The van der Waals surface area contributed by atoms with Crippen molar-refractivity contribution < 1.29 is 4.42 Å². The topological polar surface area (TPSA) is 38.1 Å². The van der Waals surface area contributed by atoms with Crippen LogP contribution in [0.4, 0.5) is 0 Å². The van der Waals surface area contributed by atoms with Gasteiger partial charge in [0.1, 0.15) is 11.3 Å². The van der Waals surface area contributed by atoms with Crippen molar-refractivity contribution in [1.82, 2.24) is 10.3 Å². The van der Waals surface area contributed by atoms with Crippen LogP contribution in [0, 0.1) is 6.92 Å². The average molecular weight is 301 g/mol. The second kappa shape index (κ2) is 5.88. The van der Waals surface area contributed by atoms with Gasteiger partial charge in [-0.1, -0.05) is 18.5 Å². The number of aromatic nitrogens is 1. The third-order valence-electron chi connectivity index (χ3n) is 3.56. The van der Waals surface area contributed by atoms with E-state index in [4.69, 9.17) is 16.0 Å². The second-order valence-corrected chi connectivity index (χ2v) is 5.49. The van der Waals surface area contributed by atoms with Crippen LogP contribution < -0.4 is 5.32 Å². The zero-order valence-electron chi connectivity index (χ0n) is 12.1. The third kappa shape index (κ3) is 2.80. The first kappa shape index (κ1) is 14.1. The van der Waals surface area contributed by atoms with Crippen molar-refractivity contribution in [2.45, 2.75) is 19.9 Å². The van der Waals surface area contributed by atoms with Crippen LogP contribution in [0.2, 0.25) is 5.02 Å². The Bertz CT molecular complexity index is 766. The Kier molecular flexibility index (Phi) is 3.95. The van der Waals surface area contributed by atoms with Gasteiger partial charge in [-0.05, 0) is 54.9 Å². The summed E-state index contributed by atoms with van der Waals surface area (Å²) < 4.78 is 6.01. The van der Waals surface area contributed by atoms with Gasteiger partial charge in [0, 0.05) is 22.8 Å². The molecule has 1 N–H and O–H groups in total. The molecule has 0 spiro atoms. The van der Waals surface area contributed by atoms with Gasteiger partial charge in [-0.3, -0.25) is 4.98 Å². The van der Waals surface area contributed by atoms with E-state index in [1.54, 1.807) is 0 Å². The Balaban J connectivity index is 2.09. The van der Waals surface area contributed by atoms with E-state index >= 15 is 0 Å². The lowest BCUT2D eigenvalue weighted by atomic mass is 10.0. The van der Waals surface area contributed by atoms with Crippen molar-refractivity contribution >= 4 is 22.6 Å². The van der Waals surface area contributed by atoms with E-state index in [1.165, 1.54) is 5.56 Å². The molecule has 0 bridgehead atoms. The standard InChI is InChI=1S/C17H17ClN2O/c1-3-20-17(14-6-7-19-10-11(14)2)16-9-12-8-13(18)4-5-15(12)21-16/h4-10,17,20H,3H2,1-2H3. The van der Waals surface area contributed by atoms with Crippen molar-refractivity contribution in [2.24, 2.45) is 0 Å². The zero-order valence-corrected chi connectivity index (χ0v) is 12.8. The number of fused-ring (bicyclic) bond motifs is 1. The molecule has 1 unspecified atom stereocenters. The van der Waals surface area contributed by atoms with Crippen LogP contribution in [0.15, 0.2) is 47.1 Å². The Labute approximate surface area is 128 Å². The molecular weight excluding hydrogens is 284 g/mol. The Morgan fingerprint density at radius 2 is 2.14 bits per heavy atom. The number of halogens is 1. The van der Waals surface area contributed by atoms with E-state index < -0.39 is 0 Å². The SMILES string of the molecule is CCNC(c1cc2cc(Cl)ccc2o1)c1ccncc1C. The van der Waals surface area contributed by atoms with E-state index in [0.29, 0.717) is 0 Å². The van der Waals surface area contributed by atoms with Gasteiger partial charge in [0.2, 0.25) is 0 Å². The van der Waals surface area contributed by atoms with E-state index in [-0.39, 0.29) is 6.04 Å². The molecule has 1 aromatic carbocycles. The molecule has 0 radical (unpaired) electrons. The molecule has 3 aromatic rings. The van der Waals surface area contributed by atoms with Crippen molar-refractivity contribution in [3.8, 4) is 0 Å². The number of nitrogens with one attached hydrogen (secondary N) is 1. The molecule has 3 nitrogen and oxygen atoms in total. The summed E-state index contributed by atoms with van der Waals surface area (Å²) in [5.74, 6) is 0.892. The number of aryl methyl sites for hydroxylation is 1. The van der Waals surface area contributed by atoms with E-state index in [2.05, 4.69) is 30.2 Å². The smallest absolute Gasteiger partial charge is 0.134 e. The highest BCUT2D eigenvalue weighted by Gasteiger charge is 2.19. The van der Waals surface area contributed by atoms with Crippen molar-refractivity contribution in [1.29, 1.82) is 0 Å². The van der Waals surface area contributed by atoms with Crippen LogP contribution >= 0.6 is 11.6 Å². The fraction of sp³-hybridized carbons (Fsp3) is 0.235. The monoisotopic (exact) mass is 300 g/mol. The molecule has 2 heterocycles. The molecule has 21 heavy (non-hydrogen) atoms. The molecule has 0 amide bonds. The number of furan rings is 1. The van der Waals surface area contributed by atoms with Gasteiger partial charge in [0.25, 0.3) is 0 Å². The molecule has 0 aliphatic heterocycles. The largest absolute Gasteiger partial charge is 0.459 e. The van der Waals surface area contributed by atoms with Crippen LogP contribution in [0.3, 0.4) is 0 Å². The van der Waals surface area contributed by atoms with Crippen LogP contribution in [-0.2, 0) is 0 Å². The van der Waals surface area contributed by atoms with Crippen LogP contribution in [-0.4, -0.2) is 11.5 Å². The maximum Gasteiger partial charge on any atom is 0.134 e. The Morgan fingerprint density at radius 3 is 2.90 bits per heavy atom.